The molecular formula is C4H7Cl3. The van der Waals surface area contributed by atoms with Gasteiger partial charge in [-0.1, -0.05) is 0 Å². The van der Waals surface area contributed by atoms with Crippen LogP contribution in [0.4, 0.5) is 0 Å². The molecule has 0 atom stereocenters. The Morgan fingerprint density at radius 1 is 0.857 bits per heavy atom. The summed E-state index contributed by atoms with van der Waals surface area (Å²) in [6, 6.07) is 0. The molecule has 7 heavy (non-hydrogen) atoms. The standard InChI is InChI=1S/C4H7Cl3/c5-1-4(2-6)3-7/h4H,1-3H2. The van der Waals surface area contributed by atoms with E-state index in [1.807, 2.05) is 0 Å². The van der Waals surface area contributed by atoms with Crippen molar-refractivity contribution in [1.82, 2.24) is 0 Å². The SMILES string of the molecule is ClCC(CCl)CCl. The Kier molecular flexibility index (Phi) is 5.64. The predicted molar refractivity (Wildman–Crippen MR) is 35.6 cm³/mol. The second kappa shape index (κ2) is 5.02. The molecule has 3 heteroatoms. The van der Waals surface area contributed by atoms with Crippen molar-refractivity contribution in [2.75, 3.05) is 17.6 Å². The van der Waals surface area contributed by atoms with Gasteiger partial charge in [0.2, 0.25) is 0 Å². The Bertz CT molecular complexity index is 28.4. The Balaban J connectivity index is 2.99. The summed E-state index contributed by atoms with van der Waals surface area (Å²) in [6.45, 7) is 0. The van der Waals surface area contributed by atoms with Crippen molar-refractivity contribution >= 4 is 34.8 Å². The number of alkyl halides is 3. The Labute approximate surface area is 58.7 Å². The van der Waals surface area contributed by atoms with E-state index in [1.54, 1.807) is 0 Å². The first-order valence-electron chi connectivity index (χ1n) is 2.03. The number of hydrogen-bond donors (Lipinski definition) is 0. The second-order valence-corrected chi connectivity index (χ2v) is 2.25. The molecule has 0 radical (unpaired) electrons. The van der Waals surface area contributed by atoms with Crippen molar-refractivity contribution < 1.29 is 0 Å². The summed E-state index contributed by atoms with van der Waals surface area (Å²) in [7, 11) is 0. The lowest BCUT2D eigenvalue weighted by Gasteiger charge is -2.00. The summed E-state index contributed by atoms with van der Waals surface area (Å²) in [5, 5.41) is 0. The molecule has 0 N–H and O–H groups in total. The topological polar surface area (TPSA) is 0 Å². The van der Waals surface area contributed by atoms with Gasteiger partial charge >= 0.3 is 0 Å². The van der Waals surface area contributed by atoms with Crippen LogP contribution in [0.25, 0.3) is 0 Å². The number of rotatable bonds is 3. The fourth-order valence-corrected chi connectivity index (χ4v) is 1.11. The molecule has 0 unspecified atom stereocenters. The van der Waals surface area contributed by atoms with Crippen LogP contribution in [0.15, 0.2) is 0 Å². The van der Waals surface area contributed by atoms with Crippen LogP contribution >= 0.6 is 34.8 Å². The molecular weight excluding hydrogens is 154 g/mol. The van der Waals surface area contributed by atoms with E-state index in [4.69, 9.17) is 34.8 Å². The molecule has 44 valence electrons. The van der Waals surface area contributed by atoms with Crippen molar-refractivity contribution in [1.29, 1.82) is 0 Å². The lowest BCUT2D eigenvalue weighted by Crippen LogP contribution is -2.04. The van der Waals surface area contributed by atoms with Gasteiger partial charge in [0, 0.05) is 17.6 Å². The van der Waals surface area contributed by atoms with Gasteiger partial charge in [0.05, 0.1) is 0 Å². The summed E-state index contributed by atoms with van der Waals surface area (Å²) in [5.74, 6) is 1.97. The Morgan fingerprint density at radius 2 is 1.14 bits per heavy atom. The first-order valence-corrected chi connectivity index (χ1v) is 3.63. The van der Waals surface area contributed by atoms with Crippen LogP contribution in [0.2, 0.25) is 0 Å². The summed E-state index contributed by atoms with van der Waals surface area (Å²) in [6.07, 6.45) is 0. The molecule has 0 aliphatic rings. The largest absolute Gasteiger partial charge is 0.126 e. The maximum Gasteiger partial charge on any atom is 0.0274 e. The van der Waals surface area contributed by atoms with Gasteiger partial charge in [-0.05, 0) is 5.92 Å². The van der Waals surface area contributed by atoms with Crippen LogP contribution in [-0.2, 0) is 0 Å². The van der Waals surface area contributed by atoms with Crippen molar-refractivity contribution in [3.05, 3.63) is 0 Å². The van der Waals surface area contributed by atoms with Gasteiger partial charge in [-0.25, -0.2) is 0 Å². The van der Waals surface area contributed by atoms with Gasteiger partial charge < -0.3 is 0 Å². The maximum absolute atomic E-state index is 5.40. The van der Waals surface area contributed by atoms with Crippen LogP contribution in [-0.4, -0.2) is 17.6 Å². The molecule has 0 nitrogen and oxygen atoms in total. The van der Waals surface area contributed by atoms with Crippen molar-refractivity contribution in [2.24, 2.45) is 5.92 Å². The minimum absolute atomic E-state index is 0.282. The minimum atomic E-state index is 0.282. The van der Waals surface area contributed by atoms with E-state index in [9.17, 15) is 0 Å². The zero-order valence-electron chi connectivity index (χ0n) is 3.83. The average molecular weight is 161 g/mol. The van der Waals surface area contributed by atoms with Crippen LogP contribution in [0.1, 0.15) is 0 Å². The molecule has 0 rings (SSSR count). The van der Waals surface area contributed by atoms with E-state index in [1.165, 1.54) is 0 Å². The number of hydrogen-bond acceptors (Lipinski definition) is 0. The highest BCUT2D eigenvalue weighted by atomic mass is 35.5. The monoisotopic (exact) mass is 160 g/mol. The van der Waals surface area contributed by atoms with E-state index in [-0.39, 0.29) is 5.92 Å². The first kappa shape index (κ1) is 7.87. The highest BCUT2D eigenvalue weighted by Gasteiger charge is 2.00. The van der Waals surface area contributed by atoms with Crippen LogP contribution in [0, 0.1) is 5.92 Å². The van der Waals surface area contributed by atoms with Crippen molar-refractivity contribution in [2.45, 2.75) is 0 Å². The third-order valence-electron chi connectivity index (χ3n) is 0.655. The van der Waals surface area contributed by atoms with Crippen molar-refractivity contribution in [3.8, 4) is 0 Å². The molecule has 0 heterocycles. The van der Waals surface area contributed by atoms with E-state index in [2.05, 4.69) is 0 Å². The van der Waals surface area contributed by atoms with Gasteiger partial charge in [0.1, 0.15) is 0 Å². The molecule has 0 aromatic heterocycles. The van der Waals surface area contributed by atoms with Gasteiger partial charge in [-0.3, -0.25) is 0 Å². The highest BCUT2D eigenvalue weighted by Crippen LogP contribution is 2.03. The van der Waals surface area contributed by atoms with E-state index < -0.39 is 0 Å². The molecule has 0 saturated carbocycles. The molecule has 0 amide bonds. The molecule has 0 aromatic rings. The third kappa shape index (κ3) is 3.45. The average Bonchev–Trinajstić information content (AvgIpc) is 1.72. The van der Waals surface area contributed by atoms with Gasteiger partial charge in [0.15, 0.2) is 0 Å². The predicted octanol–water partition coefficient (Wildman–Crippen LogP) is 2.32. The van der Waals surface area contributed by atoms with Crippen molar-refractivity contribution in [3.63, 3.8) is 0 Å². The lowest BCUT2D eigenvalue weighted by molar-refractivity contribution is 0.763. The molecule has 0 aliphatic carbocycles. The van der Waals surface area contributed by atoms with E-state index in [0.717, 1.165) is 0 Å². The molecule has 0 fully saturated rings. The Morgan fingerprint density at radius 3 is 1.14 bits per heavy atom. The summed E-state index contributed by atoms with van der Waals surface area (Å²) >= 11 is 16.2. The summed E-state index contributed by atoms with van der Waals surface area (Å²) in [4.78, 5) is 0. The molecule has 0 aliphatic heterocycles. The first-order chi connectivity index (χ1) is 3.35. The fourth-order valence-electron chi connectivity index (χ4n) is 0.124. The normalized spacial score (nSPS) is 10.3. The highest BCUT2D eigenvalue weighted by molar-refractivity contribution is 6.23. The zero-order valence-corrected chi connectivity index (χ0v) is 6.10. The Hall–Kier alpha value is 0.870. The quantitative estimate of drug-likeness (QED) is 0.557. The smallest absolute Gasteiger partial charge is 0.0274 e. The number of halogens is 3. The molecule has 0 bridgehead atoms. The molecule has 0 saturated heterocycles. The third-order valence-corrected chi connectivity index (χ3v) is 1.96. The van der Waals surface area contributed by atoms with Gasteiger partial charge in [0.25, 0.3) is 0 Å². The molecule has 0 aromatic carbocycles. The molecule has 0 spiro atoms. The van der Waals surface area contributed by atoms with E-state index >= 15 is 0 Å². The second-order valence-electron chi connectivity index (χ2n) is 1.33. The lowest BCUT2D eigenvalue weighted by atomic mass is 10.3. The summed E-state index contributed by atoms with van der Waals surface area (Å²) < 4.78 is 0. The summed E-state index contributed by atoms with van der Waals surface area (Å²) in [5.41, 5.74) is 0. The van der Waals surface area contributed by atoms with Gasteiger partial charge in [-0.2, -0.15) is 0 Å². The minimum Gasteiger partial charge on any atom is -0.126 e. The van der Waals surface area contributed by atoms with Gasteiger partial charge in [-0.15, -0.1) is 34.8 Å². The van der Waals surface area contributed by atoms with E-state index in [0.29, 0.717) is 17.6 Å². The fraction of sp³-hybridized carbons (Fsp3) is 1.00. The van der Waals surface area contributed by atoms with Crippen LogP contribution in [0.3, 0.4) is 0 Å². The maximum atomic E-state index is 5.40. The zero-order chi connectivity index (χ0) is 5.70. The van der Waals surface area contributed by atoms with Crippen LogP contribution < -0.4 is 0 Å². The van der Waals surface area contributed by atoms with Crippen LogP contribution in [0.5, 0.6) is 0 Å².